The summed E-state index contributed by atoms with van der Waals surface area (Å²) in [5.41, 5.74) is 12.5. The molecule has 58 heavy (non-hydrogen) atoms. The van der Waals surface area contributed by atoms with E-state index in [1.807, 2.05) is 0 Å². The number of amides is 7. The zero-order chi connectivity index (χ0) is 43.5. The maximum absolute atomic E-state index is 13.9. The average molecular weight is 811 g/mol. The van der Waals surface area contributed by atoms with E-state index in [1.54, 1.807) is 70.2 Å². The van der Waals surface area contributed by atoms with Gasteiger partial charge in [-0.3, -0.25) is 38.4 Å². The number of carbonyl (C=O) groups is 8. The zero-order valence-electron chi connectivity index (χ0n) is 33.6. The SMILES string of the molecule is CCC(C)C(NC(=O)C(CCC(=O)O)NC(=O)C(Cc1ccccc1)NC(=O)C(C)NC(=O)C(N)Cc1ccc(O)cc1)C(=O)NC(C(=O)NCC(N)=O)C(C)CC. The lowest BCUT2D eigenvalue weighted by atomic mass is 9.94. The molecule has 8 atom stereocenters. The van der Waals surface area contributed by atoms with Gasteiger partial charge in [-0.1, -0.05) is 83.0 Å². The van der Waals surface area contributed by atoms with Gasteiger partial charge in [0.05, 0.1) is 12.6 Å². The summed E-state index contributed by atoms with van der Waals surface area (Å²) in [5.74, 6) is -7.39. The third-order valence-corrected chi connectivity index (χ3v) is 9.70. The summed E-state index contributed by atoms with van der Waals surface area (Å²) in [4.78, 5) is 104. The number of nitrogens with one attached hydrogen (secondary N) is 6. The minimum atomic E-state index is -1.49. The predicted molar refractivity (Wildman–Crippen MR) is 213 cm³/mol. The number of aromatic hydroxyl groups is 1. The molecule has 0 aliphatic rings. The third-order valence-electron chi connectivity index (χ3n) is 9.70. The Labute approximate surface area is 338 Å². The fourth-order valence-electron chi connectivity index (χ4n) is 5.71. The molecule has 2 rings (SSSR count). The largest absolute Gasteiger partial charge is 0.508 e. The Morgan fingerprint density at radius 1 is 0.621 bits per heavy atom. The van der Waals surface area contributed by atoms with Crippen LogP contribution in [0, 0.1) is 11.8 Å². The van der Waals surface area contributed by atoms with Crippen molar-refractivity contribution in [3.63, 3.8) is 0 Å². The standard InChI is InChI=1S/C40H58N8O10/c1-6-22(3)33(39(57)43-21-31(42)50)48-40(58)34(23(4)7-2)47-37(55)29(17-18-32(51)52)45-38(56)30(20-25-11-9-8-10-12-25)46-35(53)24(5)44-36(54)28(41)19-26-13-15-27(49)16-14-26/h8-16,22-24,28-30,33-34,49H,6-7,17-21,41H2,1-5H3,(H2,42,50)(H,43,57)(H,44,54)(H,45,56)(H,46,53)(H,47,55)(H,48,58)(H,51,52). The van der Waals surface area contributed by atoms with Crippen LogP contribution in [-0.4, -0.2) is 100 Å². The summed E-state index contributed by atoms with van der Waals surface area (Å²) in [5, 5.41) is 34.4. The van der Waals surface area contributed by atoms with E-state index < -0.39 is 102 Å². The summed E-state index contributed by atoms with van der Waals surface area (Å²) >= 11 is 0. The van der Waals surface area contributed by atoms with Gasteiger partial charge in [0.25, 0.3) is 0 Å². The fourth-order valence-corrected chi connectivity index (χ4v) is 5.71. The molecule has 18 nitrogen and oxygen atoms in total. The number of nitrogens with two attached hydrogens (primary N) is 2. The summed E-state index contributed by atoms with van der Waals surface area (Å²) in [6.45, 7) is 7.93. The topological polar surface area (TPSA) is 301 Å². The normalized spacial score (nSPS) is 15.1. The number of hydrogen-bond donors (Lipinski definition) is 10. The van der Waals surface area contributed by atoms with Gasteiger partial charge < -0.3 is 53.6 Å². The fraction of sp³-hybridized carbons (Fsp3) is 0.500. The second-order valence-corrected chi connectivity index (χ2v) is 14.4. The molecule has 0 fully saturated rings. The van der Waals surface area contributed by atoms with Crippen LogP contribution in [0.2, 0.25) is 0 Å². The highest BCUT2D eigenvalue weighted by Gasteiger charge is 2.35. The van der Waals surface area contributed by atoms with Crippen molar-refractivity contribution in [2.75, 3.05) is 6.54 Å². The quantitative estimate of drug-likeness (QED) is 0.0645. The van der Waals surface area contributed by atoms with Crippen molar-refractivity contribution in [2.45, 2.75) is 109 Å². The number of aliphatic carboxylic acids is 1. The highest BCUT2D eigenvalue weighted by Crippen LogP contribution is 2.14. The molecule has 318 valence electrons. The van der Waals surface area contributed by atoms with Gasteiger partial charge in [-0.15, -0.1) is 0 Å². The van der Waals surface area contributed by atoms with Crippen LogP contribution in [0.15, 0.2) is 54.6 Å². The van der Waals surface area contributed by atoms with E-state index >= 15 is 0 Å². The lowest BCUT2D eigenvalue weighted by molar-refractivity contribution is -0.139. The number of hydrogen-bond acceptors (Lipinski definition) is 10. The monoisotopic (exact) mass is 810 g/mol. The van der Waals surface area contributed by atoms with Gasteiger partial charge >= 0.3 is 5.97 Å². The molecule has 8 unspecified atom stereocenters. The summed E-state index contributed by atoms with van der Waals surface area (Å²) in [6.07, 6.45) is -0.00198. The highest BCUT2D eigenvalue weighted by molar-refractivity contribution is 5.97. The van der Waals surface area contributed by atoms with Crippen LogP contribution in [0.1, 0.15) is 71.4 Å². The Morgan fingerprint density at radius 2 is 1.14 bits per heavy atom. The lowest BCUT2D eigenvalue weighted by Gasteiger charge is -2.30. The predicted octanol–water partition coefficient (Wildman–Crippen LogP) is -0.493. The van der Waals surface area contributed by atoms with E-state index in [1.165, 1.54) is 19.1 Å². The molecule has 18 heteroatoms. The van der Waals surface area contributed by atoms with Crippen LogP contribution < -0.4 is 43.4 Å². The van der Waals surface area contributed by atoms with Gasteiger partial charge in [0, 0.05) is 12.8 Å². The van der Waals surface area contributed by atoms with E-state index in [9.17, 15) is 48.6 Å². The Bertz CT molecular complexity index is 1730. The lowest BCUT2D eigenvalue weighted by Crippen LogP contribution is -2.61. The molecule has 2 aromatic rings. The van der Waals surface area contributed by atoms with E-state index in [0.717, 1.165) is 0 Å². The molecular formula is C40H58N8O10. The molecule has 2 aromatic carbocycles. The van der Waals surface area contributed by atoms with Crippen LogP contribution in [0.3, 0.4) is 0 Å². The molecule has 0 aromatic heterocycles. The third kappa shape index (κ3) is 16.2. The van der Waals surface area contributed by atoms with Gasteiger partial charge in [0.15, 0.2) is 0 Å². The summed E-state index contributed by atoms with van der Waals surface area (Å²) in [7, 11) is 0. The van der Waals surface area contributed by atoms with Crippen molar-refractivity contribution in [1.29, 1.82) is 0 Å². The van der Waals surface area contributed by atoms with Crippen molar-refractivity contribution in [3.8, 4) is 5.75 Å². The number of rotatable bonds is 24. The molecule has 0 spiro atoms. The van der Waals surface area contributed by atoms with Crippen molar-refractivity contribution in [3.05, 3.63) is 65.7 Å². The van der Waals surface area contributed by atoms with Crippen LogP contribution in [0.4, 0.5) is 0 Å². The number of phenols is 1. The highest BCUT2D eigenvalue weighted by atomic mass is 16.4. The number of carboxylic acid groups (broad SMARTS) is 1. The molecular weight excluding hydrogens is 752 g/mol. The van der Waals surface area contributed by atoms with Crippen molar-refractivity contribution < 1.29 is 48.6 Å². The van der Waals surface area contributed by atoms with Gasteiger partial charge in [-0.2, -0.15) is 0 Å². The molecule has 0 aliphatic heterocycles. The van der Waals surface area contributed by atoms with Gasteiger partial charge in [-0.05, 0) is 54.9 Å². The zero-order valence-corrected chi connectivity index (χ0v) is 33.6. The van der Waals surface area contributed by atoms with E-state index in [-0.39, 0.29) is 30.9 Å². The van der Waals surface area contributed by atoms with Gasteiger partial charge in [0.2, 0.25) is 41.4 Å². The Hall–Kier alpha value is -6.04. The first kappa shape index (κ1) is 48.1. The van der Waals surface area contributed by atoms with Crippen LogP contribution in [0.5, 0.6) is 5.75 Å². The maximum atomic E-state index is 13.9. The minimum absolute atomic E-state index is 0.0473. The van der Waals surface area contributed by atoms with Crippen molar-refractivity contribution >= 4 is 47.3 Å². The second kappa shape index (κ2) is 23.9. The molecule has 0 saturated carbocycles. The van der Waals surface area contributed by atoms with E-state index in [2.05, 4.69) is 31.9 Å². The van der Waals surface area contributed by atoms with Crippen LogP contribution in [0.25, 0.3) is 0 Å². The first-order valence-corrected chi connectivity index (χ1v) is 19.2. The summed E-state index contributed by atoms with van der Waals surface area (Å²) in [6, 6.07) is 7.41. The van der Waals surface area contributed by atoms with Gasteiger partial charge in [0.1, 0.15) is 36.0 Å². The Balaban J connectivity index is 2.31. The number of primary amides is 1. The van der Waals surface area contributed by atoms with Crippen LogP contribution >= 0.6 is 0 Å². The Morgan fingerprint density at radius 3 is 1.69 bits per heavy atom. The number of phenolic OH excluding ortho intramolecular Hbond substituents is 1. The number of benzene rings is 2. The average Bonchev–Trinajstić information content (AvgIpc) is 3.19. The number of carbonyl (C=O) groups excluding carboxylic acids is 7. The van der Waals surface area contributed by atoms with Crippen LogP contribution in [-0.2, 0) is 51.2 Å². The van der Waals surface area contributed by atoms with E-state index in [4.69, 9.17) is 11.5 Å². The summed E-state index contributed by atoms with van der Waals surface area (Å²) < 4.78 is 0. The second-order valence-electron chi connectivity index (χ2n) is 14.4. The first-order chi connectivity index (χ1) is 27.4. The minimum Gasteiger partial charge on any atom is -0.508 e. The molecule has 0 saturated heterocycles. The van der Waals surface area contributed by atoms with Gasteiger partial charge in [-0.25, -0.2) is 0 Å². The molecule has 0 radical (unpaired) electrons. The molecule has 0 bridgehead atoms. The molecule has 12 N–H and O–H groups in total. The number of carboxylic acids is 1. The smallest absolute Gasteiger partial charge is 0.303 e. The molecule has 0 heterocycles. The van der Waals surface area contributed by atoms with E-state index in [0.29, 0.717) is 24.0 Å². The Kier molecular flexibility index (Phi) is 19.8. The maximum Gasteiger partial charge on any atom is 0.303 e. The van der Waals surface area contributed by atoms with Crippen molar-refractivity contribution in [2.24, 2.45) is 23.3 Å². The molecule has 7 amide bonds. The first-order valence-electron chi connectivity index (χ1n) is 19.2. The van der Waals surface area contributed by atoms with Crippen molar-refractivity contribution in [1.82, 2.24) is 31.9 Å². The molecule has 0 aliphatic carbocycles.